The summed E-state index contributed by atoms with van der Waals surface area (Å²) in [6.07, 6.45) is 9.59. The van der Waals surface area contributed by atoms with Gasteiger partial charge in [-0.05, 0) is 54.3 Å². The fraction of sp³-hybridized carbons (Fsp3) is 0.240. The van der Waals surface area contributed by atoms with E-state index in [9.17, 15) is 0 Å². The zero-order valence-corrected chi connectivity index (χ0v) is 17.8. The third-order valence-corrected chi connectivity index (χ3v) is 5.66. The number of rotatable bonds is 7. The molecule has 0 fully saturated rings. The molecule has 0 saturated carbocycles. The monoisotopic (exact) mass is 411 g/mol. The summed E-state index contributed by atoms with van der Waals surface area (Å²) in [5, 5.41) is 6.88. The Kier molecular flexibility index (Phi) is 5.12. The van der Waals surface area contributed by atoms with E-state index in [-0.39, 0.29) is 0 Å². The average molecular weight is 412 g/mol. The van der Waals surface area contributed by atoms with Crippen molar-refractivity contribution >= 4 is 21.8 Å². The lowest BCUT2D eigenvalue weighted by Gasteiger charge is -2.05. The molecule has 0 atom stereocenters. The molecule has 0 aliphatic carbocycles. The number of H-pyrrole nitrogens is 1. The lowest BCUT2D eigenvalue weighted by molar-refractivity contribution is 0.415. The van der Waals surface area contributed by atoms with Crippen molar-refractivity contribution in [1.82, 2.24) is 24.7 Å². The molecule has 31 heavy (non-hydrogen) atoms. The quantitative estimate of drug-likeness (QED) is 0.424. The van der Waals surface area contributed by atoms with Crippen LogP contribution in [0.3, 0.4) is 0 Å². The Morgan fingerprint density at radius 2 is 2.00 bits per heavy atom. The maximum absolute atomic E-state index is 5.37. The fourth-order valence-corrected chi connectivity index (χ4v) is 4.09. The number of benzene rings is 2. The van der Waals surface area contributed by atoms with E-state index in [2.05, 4.69) is 51.6 Å². The molecule has 0 radical (unpaired) electrons. The van der Waals surface area contributed by atoms with Gasteiger partial charge in [-0.2, -0.15) is 5.10 Å². The molecule has 2 aromatic carbocycles. The standard InChI is InChI=1S/C25H25N5O/c1-30-16-19-7-6-17(13-24(19)29-30)12-20-10-11-26-25(28-20)5-3-4-18-15-27-23-9-8-21(31-2)14-22(18)23/h6-11,13-16,27H,3-5,12H2,1-2H3. The molecule has 0 spiro atoms. The van der Waals surface area contributed by atoms with Gasteiger partial charge in [-0.25, -0.2) is 9.97 Å². The van der Waals surface area contributed by atoms with Gasteiger partial charge >= 0.3 is 0 Å². The SMILES string of the molecule is COc1ccc2[nH]cc(CCCc3nccc(Cc4ccc5cn(C)nc5c4)n3)c2c1. The molecule has 0 amide bonds. The van der Waals surface area contributed by atoms with E-state index in [4.69, 9.17) is 9.72 Å². The van der Waals surface area contributed by atoms with Crippen LogP contribution < -0.4 is 4.74 Å². The Hall–Kier alpha value is -3.67. The van der Waals surface area contributed by atoms with Gasteiger partial charge in [0.1, 0.15) is 11.6 Å². The third-order valence-electron chi connectivity index (χ3n) is 5.66. The fourth-order valence-electron chi connectivity index (χ4n) is 4.09. The molecule has 3 heterocycles. The molecule has 0 aliphatic heterocycles. The van der Waals surface area contributed by atoms with Gasteiger partial charge in [0, 0.05) is 60.5 Å². The van der Waals surface area contributed by atoms with Crippen molar-refractivity contribution in [2.75, 3.05) is 7.11 Å². The van der Waals surface area contributed by atoms with Gasteiger partial charge in [-0.3, -0.25) is 4.68 Å². The lowest BCUT2D eigenvalue weighted by atomic mass is 10.1. The zero-order valence-electron chi connectivity index (χ0n) is 17.8. The molecule has 0 bridgehead atoms. The topological polar surface area (TPSA) is 68.6 Å². The normalized spacial score (nSPS) is 11.4. The van der Waals surface area contributed by atoms with E-state index in [0.29, 0.717) is 0 Å². The first-order valence-corrected chi connectivity index (χ1v) is 10.5. The molecule has 5 rings (SSSR count). The molecular formula is C25H25N5O. The third kappa shape index (κ3) is 4.14. The lowest BCUT2D eigenvalue weighted by Crippen LogP contribution is -2.01. The number of aromatic amines is 1. The second-order valence-electron chi connectivity index (χ2n) is 7.92. The molecule has 6 heteroatoms. The summed E-state index contributed by atoms with van der Waals surface area (Å²) in [7, 11) is 3.65. The predicted octanol–water partition coefficient (Wildman–Crippen LogP) is 4.62. The number of fused-ring (bicyclic) bond motifs is 2. The number of aryl methyl sites for hydroxylation is 3. The van der Waals surface area contributed by atoms with E-state index < -0.39 is 0 Å². The first-order chi connectivity index (χ1) is 15.2. The van der Waals surface area contributed by atoms with Crippen molar-refractivity contribution in [2.24, 2.45) is 7.05 Å². The highest BCUT2D eigenvalue weighted by Crippen LogP contribution is 2.24. The van der Waals surface area contributed by atoms with Crippen LogP contribution in [0.1, 0.15) is 29.1 Å². The van der Waals surface area contributed by atoms with E-state index in [1.807, 2.05) is 36.3 Å². The highest BCUT2D eigenvalue weighted by molar-refractivity contribution is 5.84. The minimum atomic E-state index is 0.782. The van der Waals surface area contributed by atoms with E-state index in [1.54, 1.807) is 7.11 Å². The maximum Gasteiger partial charge on any atom is 0.128 e. The number of methoxy groups -OCH3 is 1. The van der Waals surface area contributed by atoms with Gasteiger partial charge in [0.2, 0.25) is 0 Å². The predicted molar refractivity (Wildman–Crippen MR) is 122 cm³/mol. The summed E-state index contributed by atoms with van der Waals surface area (Å²) < 4.78 is 7.22. The van der Waals surface area contributed by atoms with Crippen LogP contribution in [0, 0.1) is 0 Å². The highest BCUT2D eigenvalue weighted by Gasteiger charge is 2.07. The first-order valence-electron chi connectivity index (χ1n) is 10.5. The minimum absolute atomic E-state index is 0.782. The number of aromatic nitrogens is 5. The molecule has 0 unspecified atom stereocenters. The van der Waals surface area contributed by atoms with E-state index >= 15 is 0 Å². The van der Waals surface area contributed by atoms with Crippen LogP contribution in [0.5, 0.6) is 5.75 Å². The van der Waals surface area contributed by atoms with E-state index in [0.717, 1.165) is 59.4 Å². The molecular weight excluding hydrogens is 386 g/mol. The second kappa shape index (κ2) is 8.22. The Morgan fingerprint density at radius 3 is 2.90 bits per heavy atom. The molecule has 3 aromatic heterocycles. The summed E-state index contributed by atoms with van der Waals surface area (Å²) in [6.45, 7) is 0. The Labute approximate surface area is 180 Å². The Morgan fingerprint density at radius 1 is 1.06 bits per heavy atom. The van der Waals surface area contributed by atoms with Crippen molar-refractivity contribution in [1.29, 1.82) is 0 Å². The van der Waals surface area contributed by atoms with Gasteiger partial charge < -0.3 is 9.72 Å². The number of nitrogens with zero attached hydrogens (tertiary/aromatic N) is 4. The molecule has 0 aliphatic rings. The summed E-state index contributed by atoms with van der Waals surface area (Å²) >= 11 is 0. The average Bonchev–Trinajstić information content (AvgIpc) is 3.35. The Balaban J connectivity index is 1.25. The number of ether oxygens (including phenoxy) is 1. The van der Waals surface area contributed by atoms with Crippen LogP contribution in [0.2, 0.25) is 0 Å². The zero-order chi connectivity index (χ0) is 21.2. The van der Waals surface area contributed by atoms with Crippen LogP contribution in [-0.4, -0.2) is 31.8 Å². The van der Waals surface area contributed by atoms with Crippen molar-refractivity contribution in [3.05, 3.63) is 83.7 Å². The Bertz CT molecular complexity index is 1350. The van der Waals surface area contributed by atoms with Crippen LogP contribution >= 0.6 is 0 Å². The van der Waals surface area contributed by atoms with E-state index in [1.165, 1.54) is 16.5 Å². The van der Waals surface area contributed by atoms with Gasteiger partial charge in [-0.15, -0.1) is 0 Å². The van der Waals surface area contributed by atoms with Crippen LogP contribution in [0.4, 0.5) is 0 Å². The van der Waals surface area contributed by atoms with Gasteiger partial charge in [0.15, 0.2) is 0 Å². The molecule has 156 valence electrons. The van der Waals surface area contributed by atoms with Crippen molar-refractivity contribution in [2.45, 2.75) is 25.7 Å². The van der Waals surface area contributed by atoms with Gasteiger partial charge in [0.25, 0.3) is 0 Å². The number of hydrogen-bond acceptors (Lipinski definition) is 4. The number of nitrogens with one attached hydrogen (secondary N) is 1. The summed E-state index contributed by atoms with van der Waals surface area (Å²) in [5.41, 5.74) is 5.71. The summed E-state index contributed by atoms with van der Waals surface area (Å²) in [6, 6.07) is 14.5. The summed E-state index contributed by atoms with van der Waals surface area (Å²) in [5.74, 6) is 1.78. The molecule has 0 saturated heterocycles. The summed E-state index contributed by atoms with van der Waals surface area (Å²) in [4.78, 5) is 12.6. The molecule has 5 aromatic rings. The smallest absolute Gasteiger partial charge is 0.128 e. The first kappa shape index (κ1) is 19.3. The van der Waals surface area contributed by atoms with Crippen molar-refractivity contribution < 1.29 is 4.74 Å². The van der Waals surface area contributed by atoms with Gasteiger partial charge in [0.05, 0.1) is 12.6 Å². The highest BCUT2D eigenvalue weighted by atomic mass is 16.5. The van der Waals surface area contributed by atoms with Crippen molar-refractivity contribution in [3.8, 4) is 5.75 Å². The second-order valence-corrected chi connectivity index (χ2v) is 7.92. The van der Waals surface area contributed by atoms with Crippen LogP contribution in [0.25, 0.3) is 21.8 Å². The maximum atomic E-state index is 5.37. The molecule has 6 nitrogen and oxygen atoms in total. The van der Waals surface area contributed by atoms with Crippen molar-refractivity contribution in [3.63, 3.8) is 0 Å². The van der Waals surface area contributed by atoms with Crippen LogP contribution in [-0.2, 0) is 26.3 Å². The minimum Gasteiger partial charge on any atom is -0.497 e. The molecule has 1 N–H and O–H groups in total. The van der Waals surface area contributed by atoms with Crippen LogP contribution in [0.15, 0.2) is 61.1 Å². The van der Waals surface area contributed by atoms with Gasteiger partial charge in [-0.1, -0.05) is 12.1 Å². The largest absolute Gasteiger partial charge is 0.497 e. The number of hydrogen-bond donors (Lipinski definition) is 1.